The number of thioether (sulfide) groups is 1. The van der Waals surface area contributed by atoms with Crippen LogP contribution in [0.2, 0.25) is 0 Å². The number of rotatable bonds is 7. The van der Waals surface area contributed by atoms with Gasteiger partial charge in [-0.25, -0.2) is 0 Å². The van der Waals surface area contributed by atoms with Gasteiger partial charge in [0.1, 0.15) is 12.1 Å². The molecule has 2 N–H and O–H groups in total. The highest BCUT2D eigenvalue weighted by molar-refractivity contribution is 7.99. The van der Waals surface area contributed by atoms with E-state index in [2.05, 4.69) is 10.6 Å². The highest BCUT2D eigenvalue weighted by atomic mass is 32.2. The van der Waals surface area contributed by atoms with Gasteiger partial charge in [0, 0.05) is 30.2 Å². The Morgan fingerprint density at radius 2 is 2.00 bits per heavy atom. The lowest BCUT2D eigenvalue weighted by molar-refractivity contribution is -0.164. The molecule has 1 aromatic carbocycles. The van der Waals surface area contributed by atoms with E-state index < -0.39 is 30.3 Å². The quantitative estimate of drug-likeness (QED) is 0.586. The lowest BCUT2D eigenvalue weighted by atomic mass is 10.2. The summed E-state index contributed by atoms with van der Waals surface area (Å²) in [7, 11) is 0. The van der Waals surface area contributed by atoms with Crippen molar-refractivity contribution in [3.8, 4) is 0 Å². The predicted octanol–water partition coefficient (Wildman–Crippen LogP) is 0.155. The lowest BCUT2D eigenvalue weighted by Gasteiger charge is -2.25. The van der Waals surface area contributed by atoms with Crippen molar-refractivity contribution in [3.63, 3.8) is 0 Å². The van der Waals surface area contributed by atoms with Crippen molar-refractivity contribution in [2.24, 2.45) is 0 Å². The number of nitrogens with zero attached hydrogens (tertiary/aromatic N) is 1. The molecule has 1 aromatic rings. The summed E-state index contributed by atoms with van der Waals surface area (Å²) in [5.41, 5.74) is 0.469. The van der Waals surface area contributed by atoms with Gasteiger partial charge in [-0.1, -0.05) is 18.2 Å². The van der Waals surface area contributed by atoms with Crippen LogP contribution in [0.4, 0.5) is 0 Å². The van der Waals surface area contributed by atoms with Crippen LogP contribution < -0.4 is 10.6 Å². The van der Waals surface area contributed by atoms with Gasteiger partial charge in [-0.05, 0) is 19.1 Å². The van der Waals surface area contributed by atoms with E-state index in [-0.39, 0.29) is 24.8 Å². The zero-order valence-corrected chi connectivity index (χ0v) is 17.5. The number of carbonyl (C=O) groups is 4. The normalized spacial score (nSPS) is 24.2. The van der Waals surface area contributed by atoms with Crippen molar-refractivity contribution in [2.75, 3.05) is 31.2 Å². The van der Waals surface area contributed by atoms with Crippen molar-refractivity contribution in [3.05, 3.63) is 35.9 Å². The van der Waals surface area contributed by atoms with Crippen LogP contribution in [0.3, 0.4) is 0 Å². The molecule has 0 aliphatic carbocycles. The average Bonchev–Trinajstić information content (AvgIpc) is 2.98. The maximum atomic E-state index is 12.9. The minimum absolute atomic E-state index is 0.0238. The summed E-state index contributed by atoms with van der Waals surface area (Å²) in [5.74, 6) is -0.390. The van der Waals surface area contributed by atoms with Crippen molar-refractivity contribution < 1.29 is 28.7 Å². The molecule has 2 aliphatic rings. The van der Waals surface area contributed by atoms with E-state index in [1.165, 1.54) is 4.90 Å². The Bertz CT molecular complexity index is 790. The lowest BCUT2D eigenvalue weighted by Crippen LogP contribution is -2.52. The van der Waals surface area contributed by atoms with E-state index in [4.69, 9.17) is 9.47 Å². The Balaban J connectivity index is 1.58. The molecule has 3 amide bonds. The Morgan fingerprint density at radius 3 is 2.73 bits per heavy atom. The summed E-state index contributed by atoms with van der Waals surface area (Å²) >= 11 is 1.54. The molecule has 0 aromatic heterocycles. The Morgan fingerprint density at radius 1 is 1.23 bits per heavy atom. The van der Waals surface area contributed by atoms with Gasteiger partial charge >= 0.3 is 5.97 Å². The second kappa shape index (κ2) is 10.4. The molecule has 0 saturated carbocycles. The summed E-state index contributed by atoms with van der Waals surface area (Å²) < 4.78 is 10.4. The summed E-state index contributed by atoms with van der Waals surface area (Å²) in [5, 5.41) is 5.48. The molecule has 2 heterocycles. The van der Waals surface area contributed by atoms with Crippen LogP contribution >= 0.6 is 11.8 Å². The van der Waals surface area contributed by atoms with Crippen LogP contribution in [0, 0.1) is 0 Å². The minimum Gasteiger partial charge on any atom is -0.433 e. The van der Waals surface area contributed by atoms with Crippen LogP contribution in [0.15, 0.2) is 30.3 Å². The van der Waals surface area contributed by atoms with Gasteiger partial charge < -0.3 is 25.0 Å². The Labute approximate surface area is 178 Å². The van der Waals surface area contributed by atoms with Gasteiger partial charge in [0.2, 0.25) is 18.1 Å². The Kier molecular flexibility index (Phi) is 7.69. The van der Waals surface area contributed by atoms with Crippen molar-refractivity contribution in [1.82, 2.24) is 15.5 Å². The first-order valence-corrected chi connectivity index (χ1v) is 11.0. The number of nitrogens with one attached hydrogen (secondary N) is 2. The number of esters is 1. The van der Waals surface area contributed by atoms with Crippen LogP contribution in [0.1, 0.15) is 23.7 Å². The number of amides is 3. The predicted molar refractivity (Wildman–Crippen MR) is 110 cm³/mol. The molecule has 3 atom stereocenters. The molecule has 0 radical (unpaired) electrons. The Hall–Kier alpha value is -2.59. The molecule has 2 fully saturated rings. The number of carbonyl (C=O) groups excluding carboxylic acids is 4. The molecule has 10 heteroatoms. The first kappa shape index (κ1) is 22.1. The maximum absolute atomic E-state index is 12.9. The number of hydrogen-bond acceptors (Lipinski definition) is 7. The van der Waals surface area contributed by atoms with Gasteiger partial charge in [-0.3, -0.25) is 19.2 Å². The second-order valence-corrected chi connectivity index (χ2v) is 8.07. The second-order valence-electron chi connectivity index (χ2n) is 6.92. The maximum Gasteiger partial charge on any atom is 0.310 e. The minimum atomic E-state index is -0.820. The molecular formula is C20H25N3O6S. The topological polar surface area (TPSA) is 114 Å². The summed E-state index contributed by atoms with van der Waals surface area (Å²) in [6.07, 6.45) is -0.796. The molecule has 162 valence electrons. The standard InChI is InChI=1S/C20H25N3O6S/c1-2-28-20-14(10-17(25)29-20)21-16(24)11-23-8-9-30-12-15(19(23)27)22-18(26)13-6-4-3-5-7-13/h3-7,14-15,20H,2,8-12H2,1H3,(H,21,24)(H,22,26). The first-order chi connectivity index (χ1) is 14.5. The number of ether oxygens (including phenoxy) is 2. The third-order valence-electron chi connectivity index (χ3n) is 4.72. The van der Waals surface area contributed by atoms with Crippen LogP contribution in [0.5, 0.6) is 0 Å². The number of cyclic esters (lactones) is 1. The average molecular weight is 436 g/mol. The third kappa shape index (κ3) is 5.73. The summed E-state index contributed by atoms with van der Waals surface area (Å²) in [6, 6.07) is 7.36. The molecular weight excluding hydrogens is 410 g/mol. The van der Waals surface area contributed by atoms with Gasteiger partial charge in [-0.15, -0.1) is 0 Å². The SMILES string of the molecule is CCOC1OC(=O)CC1NC(=O)CN1CCSCC(NC(=O)c2ccccc2)C1=O. The third-order valence-corrected chi connectivity index (χ3v) is 5.76. The van der Waals surface area contributed by atoms with E-state index in [1.54, 1.807) is 43.0 Å². The summed E-state index contributed by atoms with van der Waals surface area (Å²) in [6.45, 7) is 2.33. The molecule has 0 bridgehead atoms. The molecule has 3 unspecified atom stereocenters. The van der Waals surface area contributed by atoms with Gasteiger partial charge in [0.05, 0.1) is 13.0 Å². The monoisotopic (exact) mass is 435 g/mol. The fourth-order valence-corrected chi connectivity index (χ4v) is 4.24. The van der Waals surface area contributed by atoms with Crippen LogP contribution in [0.25, 0.3) is 0 Å². The molecule has 0 spiro atoms. The fourth-order valence-electron chi connectivity index (χ4n) is 3.26. The van der Waals surface area contributed by atoms with Gasteiger partial charge in [0.15, 0.2) is 0 Å². The molecule has 30 heavy (non-hydrogen) atoms. The number of benzene rings is 1. The largest absolute Gasteiger partial charge is 0.433 e. The van der Waals surface area contributed by atoms with E-state index in [0.717, 1.165) is 0 Å². The highest BCUT2D eigenvalue weighted by Gasteiger charge is 2.37. The van der Waals surface area contributed by atoms with E-state index in [1.807, 2.05) is 6.07 Å². The smallest absolute Gasteiger partial charge is 0.310 e. The molecule has 2 saturated heterocycles. The number of hydrogen-bond donors (Lipinski definition) is 2. The van der Waals surface area contributed by atoms with Gasteiger partial charge in [0.25, 0.3) is 5.91 Å². The zero-order chi connectivity index (χ0) is 21.5. The fraction of sp³-hybridized carbons (Fsp3) is 0.500. The van der Waals surface area contributed by atoms with Crippen LogP contribution in [-0.4, -0.2) is 78.2 Å². The highest BCUT2D eigenvalue weighted by Crippen LogP contribution is 2.17. The first-order valence-electron chi connectivity index (χ1n) is 9.80. The van der Waals surface area contributed by atoms with Crippen molar-refractivity contribution >= 4 is 35.5 Å². The zero-order valence-electron chi connectivity index (χ0n) is 16.7. The van der Waals surface area contributed by atoms with E-state index in [0.29, 0.717) is 30.2 Å². The summed E-state index contributed by atoms with van der Waals surface area (Å²) in [4.78, 5) is 50.8. The van der Waals surface area contributed by atoms with Crippen molar-refractivity contribution in [1.29, 1.82) is 0 Å². The van der Waals surface area contributed by atoms with E-state index in [9.17, 15) is 19.2 Å². The molecule has 9 nitrogen and oxygen atoms in total. The van der Waals surface area contributed by atoms with E-state index >= 15 is 0 Å². The molecule has 3 rings (SSSR count). The van der Waals surface area contributed by atoms with Gasteiger partial charge in [-0.2, -0.15) is 11.8 Å². The van der Waals surface area contributed by atoms with Crippen molar-refractivity contribution in [2.45, 2.75) is 31.7 Å². The van der Waals surface area contributed by atoms with Crippen LogP contribution in [-0.2, 0) is 23.9 Å². The molecule has 2 aliphatic heterocycles.